The molecule has 0 saturated carbocycles. The van der Waals surface area contributed by atoms with E-state index in [9.17, 15) is 4.79 Å². The van der Waals surface area contributed by atoms with E-state index in [1.165, 1.54) is 5.56 Å². The Morgan fingerprint density at radius 3 is 2.34 bits per heavy atom. The highest BCUT2D eigenvalue weighted by Gasteiger charge is 2.16. The summed E-state index contributed by atoms with van der Waals surface area (Å²) >= 11 is 6.34. The lowest BCUT2D eigenvalue weighted by Crippen LogP contribution is -2.13. The zero-order chi connectivity index (χ0) is 21.2. The van der Waals surface area contributed by atoms with E-state index in [4.69, 9.17) is 16.1 Å². The van der Waals surface area contributed by atoms with Crippen LogP contribution in [0.25, 0.3) is 11.3 Å². The minimum atomic E-state index is -0.326. The highest BCUT2D eigenvalue weighted by molar-refractivity contribution is 6.33. The smallest absolute Gasteiger partial charge is 0.277 e. The van der Waals surface area contributed by atoms with E-state index in [1.807, 2.05) is 50.2 Å². The highest BCUT2D eigenvalue weighted by Crippen LogP contribution is 2.30. The monoisotopic (exact) mass is 411 g/mol. The van der Waals surface area contributed by atoms with Crippen LogP contribution < -0.4 is 10.6 Å². The summed E-state index contributed by atoms with van der Waals surface area (Å²) in [5, 5.41) is 10.6. The molecule has 0 aliphatic carbocycles. The Balaban J connectivity index is 1.72. The average molecular weight is 412 g/mol. The van der Waals surface area contributed by atoms with Gasteiger partial charge in [0.15, 0.2) is 11.5 Å². The molecule has 1 aromatic heterocycles. The fraction of sp³-hybridized carbons (Fsp3) is 0.304. The first-order chi connectivity index (χ1) is 13.6. The van der Waals surface area contributed by atoms with Gasteiger partial charge in [-0.3, -0.25) is 4.79 Å². The summed E-state index contributed by atoms with van der Waals surface area (Å²) in [6, 6.07) is 15.2. The van der Waals surface area contributed by atoms with Gasteiger partial charge in [0, 0.05) is 23.4 Å². The maximum Gasteiger partial charge on any atom is 0.277 e. The molecule has 2 N–H and O–H groups in total. The number of nitrogens with one attached hydrogen (secondary N) is 2. The van der Waals surface area contributed by atoms with Gasteiger partial charge in [0.2, 0.25) is 0 Å². The SMILES string of the molecule is CC(C)Nc1ccc(-c2cc(C(=O)Nc3ccc(C(C)(C)C)cc3)no2)cc1Cl. The van der Waals surface area contributed by atoms with Gasteiger partial charge in [-0.1, -0.05) is 49.7 Å². The van der Waals surface area contributed by atoms with Crippen molar-refractivity contribution in [3.8, 4) is 11.3 Å². The van der Waals surface area contributed by atoms with E-state index in [2.05, 4.69) is 36.6 Å². The van der Waals surface area contributed by atoms with Gasteiger partial charge in [-0.05, 0) is 55.2 Å². The standard InChI is InChI=1S/C23H26ClN3O2/c1-14(2)25-19-11-6-15(12-18(19)24)21-13-20(27-29-21)22(28)26-17-9-7-16(8-10-17)23(3,4)5/h6-14,25H,1-5H3,(H,26,28). The molecule has 0 aliphatic heterocycles. The molecule has 0 aliphatic rings. The van der Waals surface area contributed by atoms with Crippen LogP contribution in [0.5, 0.6) is 0 Å². The van der Waals surface area contributed by atoms with Crippen molar-refractivity contribution in [1.82, 2.24) is 5.16 Å². The minimum absolute atomic E-state index is 0.0606. The van der Waals surface area contributed by atoms with Crippen LogP contribution in [0.1, 0.15) is 50.7 Å². The van der Waals surface area contributed by atoms with Gasteiger partial charge >= 0.3 is 0 Å². The van der Waals surface area contributed by atoms with Crippen molar-refractivity contribution in [1.29, 1.82) is 0 Å². The normalized spacial score (nSPS) is 11.6. The van der Waals surface area contributed by atoms with Crippen LogP contribution in [-0.4, -0.2) is 17.1 Å². The molecule has 0 spiro atoms. The summed E-state index contributed by atoms with van der Waals surface area (Å²) in [5.41, 5.74) is 3.78. The molecular weight excluding hydrogens is 386 g/mol. The second kappa shape index (κ2) is 8.29. The number of aromatic nitrogens is 1. The van der Waals surface area contributed by atoms with E-state index >= 15 is 0 Å². The van der Waals surface area contributed by atoms with Crippen LogP contribution in [-0.2, 0) is 5.41 Å². The predicted octanol–water partition coefficient (Wildman–Crippen LogP) is 6.37. The van der Waals surface area contributed by atoms with E-state index in [-0.39, 0.29) is 23.1 Å². The number of amides is 1. The first-order valence-corrected chi connectivity index (χ1v) is 9.96. The van der Waals surface area contributed by atoms with Crippen LogP contribution in [0, 0.1) is 0 Å². The Bertz CT molecular complexity index is 1000. The van der Waals surface area contributed by atoms with Gasteiger partial charge in [-0.2, -0.15) is 0 Å². The Kier molecular flexibility index (Phi) is 5.99. The van der Waals surface area contributed by atoms with Crippen molar-refractivity contribution >= 4 is 28.9 Å². The lowest BCUT2D eigenvalue weighted by Gasteiger charge is -2.19. The van der Waals surface area contributed by atoms with Gasteiger partial charge < -0.3 is 15.2 Å². The van der Waals surface area contributed by atoms with E-state index in [1.54, 1.807) is 12.1 Å². The Labute approximate surface area is 176 Å². The number of halogens is 1. The van der Waals surface area contributed by atoms with Gasteiger partial charge in [0.25, 0.3) is 5.91 Å². The summed E-state index contributed by atoms with van der Waals surface area (Å²) in [5.74, 6) is 0.156. The van der Waals surface area contributed by atoms with E-state index in [0.29, 0.717) is 16.5 Å². The maximum absolute atomic E-state index is 12.5. The number of nitrogens with zero attached hydrogens (tertiary/aromatic N) is 1. The van der Waals surface area contributed by atoms with Crippen LogP contribution in [0.4, 0.5) is 11.4 Å². The zero-order valence-corrected chi connectivity index (χ0v) is 18.1. The molecule has 0 atom stereocenters. The summed E-state index contributed by atoms with van der Waals surface area (Å²) in [7, 11) is 0. The summed E-state index contributed by atoms with van der Waals surface area (Å²) in [4.78, 5) is 12.5. The number of benzene rings is 2. The first-order valence-electron chi connectivity index (χ1n) is 9.58. The Morgan fingerprint density at radius 2 is 1.76 bits per heavy atom. The van der Waals surface area contributed by atoms with Gasteiger partial charge in [0.05, 0.1) is 10.7 Å². The molecule has 3 aromatic rings. The molecule has 1 heterocycles. The van der Waals surface area contributed by atoms with E-state index in [0.717, 1.165) is 11.3 Å². The van der Waals surface area contributed by atoms with Crippen molar-refractivity contribution in [3.05, 3.63) is 64.8 Å². The predicted molar refractivity (Wildman–Crippen MR) is 119 cm³/mol. The zero-order valence-electron chi connectivity index (χ0n) is 17.3. The second-order valence-electron chi connectivity index (χ2n) is 8.35. The number of rotatable bonds is 5. The largest absolute Gasteiger partial charge is 0.382 e. The van der Waals surface area contributed by atoms with Gasteiger partial charge in [0.1, 0.15) is 0 Å². The molecule has 29 heavy (non-hydrogen) atoms. The lowest BCUT2D eigenvalue weighted by molar-refractivity contribution is 0.101. The van der Waals surface area contributed by atoms with Crippen molar-refractivity contribution in [3.63, 3.8) is 0 Å². The molecule has 3 rings (SSSR count). The maximum atomic E-state index is 12.5. The number of hydrogen-bond acceptors (Lipinski definition) is 4. The number of anilines is 2. The Hall–Kier alpha value is -2.79. The molecule has 0 radical (unpaired) electrons. The van der Waals surface area contributed by atoms with Crippen molar-refractivity contribution in [2.75, 3.05) is 10.6 Å². The van der Waals surface area contributed by atoms with Crippen molar-refractivity contribution in [2.24, 2.45) is 0 Å². The molecular formula is C23H26ClN3O2. The topological polar surface area (TPSA) is 67.2 Å². The molecule has 0 bridgehead atoms. The van der Waals surface area contributed by atoms with Crippen LogP contribution in [0.15, 0.2) is 53.1 Å². The number of carbonyl (C=O) groups excluding carboxylic acids is 1. The molecule has 0 unspecified atom stereocenters. The average Bonchev–Trinajstić information content (AvgIpc) is 3.13. The molecule has 5 nitrogen and oxygen atoms in total. The Morgan fingerprint density at radius 1 is 1.07 bits per heavy atom. The summed E-state index contributed by atoms with van der Waals surface area (Å²) in [6.07, 6.45) is 0. The molecule has 6 heteroatoms. The molecule has 2 aromatic carbocycles. The summed E-state index contributed by atoms with van der Waals surface area (Å²) < 4.78 is 5.36. The van der Waals surface area contributed by atoms with Crippen LogP contribution >= 0.6 is 11.6 Å². The quantitative estimate of drug-likeness (QED) is 0.512. The fourth-order valence-corrected chi connectivity index (χ4v) is 3.10. The van der Waals surface area contributed by atoms with Crippen molar-refractivity contribution in [2.45, 2.75) is 46.1 Å². The third kappa shape index (κ3) is 5.18. The third-order valence-electron chi connectivity index (χ3n) is 4.45. The minimum Gasteiger partial charge on any atom is -0.382 e. The molecule has 1 amide bonds. The second-order valence-corrected chi connectivity index (χ2v) is 8.76. The van der Waals surface area contributed by atoms with Crippen molar-refractivity contribution < 1.29 is 9.32 Å². The van der Waals surface area contributed by atoms with Crippen LogP contribution in [0.2, 0.25) is 5.02 Å². The third-order valence-corrected chi connectivity index (χ3v) is 4.76. The number of carbonyl (C=O) groups is 1. The lowest BCUT2D eigenvalue weighted by atomic mass is 9.87. The molecule has 0 saturated heterocycles. The van der Waals surface area contributed by atoms with E-state index < -0.39 is 0 Å². The highest BCUT2D eigenvalue weighted by atomic mass is 35.5. The summed E-state index contributed by atoms with van der Waals surface area (Å²) in [6.45, 7) is 10.5. The van der Waals surface area contributed by atoms with Gasteiger partial charge in [-0.25, -0.2) is 0 Å². The first kappa shape index (κ1) is 20.9. The molecule has 152 valence electrons. The van der Waals surface area contributed by atoms with Gasteiger partial charge in [-0.15, -0.1) is 0 Å². The number of hydrogen-bond donors (Lipinski definition) is 2. The molecule has 0 fully saturated rings. The van der Waals surface area contributed by atoms with Crippen LogP contribution in [0.3, 0.4) is 0 Å². The fourth-order valence-electron chi connectivity index (χ4n) is 2.86.